The van der Waals surface area contributed by atoms with Crippen LogP contribution in [0, 0.1) is 6.92 Å². The van der Waals surface area contributed by atoms with Crippen LogP contribution in [0.1, 0.15) is 21.5 Å². The van der Waals surface area contributed by atoms with Crippen molar-refractivity contribution in [2.24, 2.45) is 0 Å². The van der Waals surface area contributed by atoms with Crippen LogP contribution in [-0.4, -0.2) is 27.0 Å². The van der Waals surface area contributed by atoms with Crippen LogP contribution < -0.4 is 5.56 Å². The van der Waals surface area contributed by atoms with Crippen LogP contribution in [0.2, 0.25) is 0 Å². The van der Waals surface area contributed by atoms with Gasteiger partial charge < -0.3 is 5.11 Å². The van der Waals surface area contributed by atoms with Gasteiger partial charge in [-0.2, -0.15) is 0 Å². The molecule has 0 saturated heterocycles. The molecule has 0 aliphatic heterocycles. The fourth-order valence-electron chi connectivity index (χ4n) is 3.56. The number of ketones is 1. The molecule has 0 amide bonds. The zero-order valence-electron chi connectivity index (χ0n) is 16.7. The van der Waals surface area contributed by atoms with E-state index in [2.05, 4.69) is 48.3 Å². The molecule has 3 aromatic carbocycles. The van der Waals surface area contributed by atoms with Gasteiger partial charge >= 0.3 is 0 Å². The predicted molar refractivity (Wildman–Crippen MR) is 118 cm³/mol. The first kappa shape index (κ1) is 19.7. The maximum absolute atomic E-state index is 12.9. The number of rotatable bonds is 6. The highest BCUT2D eigenvalue weighted by Gasteiger charge is 2.10. The summed E-state index contributed by atoms with van der Waals surface area (Å²) in [7, 11) is 0. The molecule has 0 saturated carbocycles. The number of Topliss-reactive ketones (excluding diaryl/α,β-unsaturated/α-hetero) is 1. The molecule has 1 heterocycles. The van der Waals surface area contributed by atoms with Gasteiger partial charge in [-0.3, -0.25) is 14.2 Å². The van der Waals surface area contributed by atoms with Gasteiger partial charge in [-0.25, -0.2) is 4.98 Å². The summed E-state index contributed by atoms with van der Waals surface area (Å²) in [4.78, 5) is 29.0. The lowest BCUT2D eigenvalue weighted by Crippen LogP contribution is -2.22. The molecule has 0 bridgehead atoms. The van der Waals surface area contributed by atoms with Crippen LogP contribution in [0.5, 0.6) is 0 Å². The van der Waals surface area contributed by atoms with Crippen molar-refractivity contribution in [3.63, 3.8) is 0 Å². The van der Waals surface area contributed by atoms with Gasteiger partial charge in [-0.15, -0.1) is 0 Å². The smallest absolute Gasteiger partial charge is 0.261 e. The summed E-state index contributed by atoms with van der Waals surface area (Å²) in [5, 5.41) is 9.45. The fraction of sp³-hybridized carbons (Fsp3) is 0.160. The number of hydrogen-bond donors (Lipinski definition) is 1. The first-order chi connectivity index (χ1) is 14.5. The first-order valence-corrected chi connectivity index (χ1v) is 9.84. The van der Waals surface area contributed by atoms with E-state index in [9.17, 15) is 9.59 Å². The molecule has 0 aliphatic carbocycles. The standard InChI is InChI=1S/C25H22N2O3/c1-17-4-2-6-19(12-17)20-7-3-5-18(13-20)10-11-27-16-26-23-9-8-21(24(29)15-28)14-22(23)25(27)30/h2-9,12-14,16,28H,10-11,15H2,1H3. The third-order valence-electron chi connectivity index (χ3n) is 5.21. The van der Waals surface area contributed by atoms with Crippen LogP contribution in [0.25, 0.3) is 22.0 Å². The highest BCUT2D eigenvalue weighted by Crippen LogP contribution is 2.22. The van der Waals surface area contributed by atoms with E-state index >= 15 is 0 Å². The van der Waals surface area contributed by atoms with Crippen LogP contribution in [-0.2, 0) is 13.0 Å². The lowest BCUT2D eigenvalue weighted by Gasteiger charge is -2.09. The Bertz CT molecular complexity index is 1290. The average Bonchev–Trinajstić information content (AvgIpc) is 2.78. The second-order valence-electron chi connectivity index (χ2n) is 7.38. The minimum absolute atomic E-state index is 0.192. The number of hydrogen-bond acceptors (Lipinski definition) is 4. The van der Waals surface area contributed by atoms with Gasteiger partial charge in [0.25, 0.3) is 5.56 Å². The summed E-state index contributed by atoms with van der Waals surface area (Å²) in [5.74, 6) is -0.417. The van der Waals surface area contributed by atoms with Crippen molar-refractivity contribution in [2.45, 2.75) is 19.9 Å². The largest absolute Gasteiger partial charge is 0.388 e. The van der Waals surface area contributed by atoms with Gasteiger partial charge in [-0.1, -0.05) is 54.1 Å². The minimum Gasteiger partial charge on any atom is -0.388 e. The van der Waals surface area contributed by atoms with Crippen LogP contribution in [0.15, 0.2) is 77.9 Å². The number of aliphatic hydroxyl groups is 1. The molecule has 4 rings (SSSR count). The first-order valence-electron chi connectivity index (χ1n) is 9.84. The topological polar surface area (TPSA) is 72.2 Å². The Labute approximate surface area is 174 Å². The number of aliphatic hydroxyl groups excluding tert-OH is 1. The molecule has 0 spiro atoms. The molecular weight excluding hydrogens is 376 g/mol. The third kappa shape index (κ3) is 4.07. The molecule has 0 aliphatic rings. The molecule has 0 unspecified atom stereocenters. The fourth-order valence-corrected chi connectivity index (χ4v) is 3.56. The van der Waals surface area contributed by atoms with E-state index in [1.165, 1.54) is 17.2 Å². The monoisotopic (exact) mass is 398 g/mol. The highest BCUT2D eigenvalue weighted by atomic mass is 16.3. The van der Waals surface area contributed by atoms with Gasteiger partial charge in [0.05, 0.1) is 17.2 Å². The van der Waals surface area contributed by atoms with E-state index in [1.807, 2.05) is 12.1 Å². The molecule has 5 nitrogen and oxygen atoms in total. The van der Waals surface area contributed by atoms with Crippen molar-refractivity contribution in [3.8, 4) is 11.1 Å². The normalized spacial score (nSPS) is 11.0. The van der Waals surface area contributed by atoms with E-state index in [0.29, 0.717) is 29.4 Å². The molecule has 150 valence electrons. The predicted octanol–water partition coefficient (Wildman–Crippen LogP) is 3.79. The highest BCUT2D eigenvalue weighted by molar-refractivity contribution is 5.99. The average molecular weight is 398 g/mol. The maximum Gasteiger partial charge on any atom is 0.261 e. The summed E-state index contributed by atoms with van der Waals surface area (Å²) in [6.07, 6.45) is 2.23. The molecule has 5 heteroatoms. The molecule has 0 atom stereocenters. The Kier molecular flexibility index (Phi) is 5.55. The van der Waals surface area contributed by atoms with Crippen molar-refractivity contribution in [3.05, 3.63) is 100 Å². The lowest BCUT2D eigenvalue weighted by molar-refractivity contribution is 0.0904. The van der Waals surface area contributed by atoms with E-state index in [1.54, 1.807) is 23.0 Å². The minimum atomic E-state index is -0.586. The van der Waals surface area contributed by atoms with Crippen LogP contribution >= 0.6 is 0 Å². The van der Waals surface area contributed by atoms with Gasteiger partial charge in [0.15, 0.2) is 5.78 Å². The quantitative estimate of drug-likeness (QED) is 0.502. The van der Waals surface area contributed by atoms with E-state index in [4.69, 9.17) is 5.11 Å². The van der Waals surface area contributed by atoms with E-state index < -0.39 is 12.4 Å². The van der Waals surface area contributed by atoms with Crippen molar-refractivity contribution >= 4 is 16.7 Å². The Hall–Kier alpha value is -3.57. The zero-order valence-corrected chi connectivity index (χ0v) is 16.7. The SMILES string of the molecule is Cc1cccc(-c2cccc(CCn3cnc4ccc(C(=O)CO)cc4c3=O)c2)c1. The van der Waals surface area contributed by atoms with Crippen molar-refractivity contribution in [1.29, 1.82) is 0 Å². The number of carbonyl (C=O) groups is 1. The lowest BCUT2D eigenvalue weighted by atomic mass is 10.0. The van der Waals surface area contributed by atoms with Crippen molar-refractivity contribution in [1.82, 2.24) is 9.55 Å². The Morgan fingerprint density at radius 2 is 1.77 bits per heavy atom. The second-order valence-corrected chi connectivity index (χ2v) is 7.38. The summed E-state index contributed by atoms with van der Waals surface area (Å²) in [5.41, 5.74) is 5.31. The number of carbonyl (C=O) groups excluding carboxylic acids is 1. The molecule has 0 fully saturated rings. The van der Waals surface area contributed by atoms with Crippen LogP contribution in [0.4, 0.5) is 0 Å². The third-order valence-corrected chi connectivity index (χ3v) is 5.21. The molecule has 1 aromatic heterocycles. The Morgan fingerprint density at radius 3 is 2.53 bits per heavy atom. The summed E-state index contributed by atoms with van der Waals surface area (Å²) in [6, 6.07) is 21.4. The molecule has 4 aromatic rings. The number of benzene rings is 3. The molecular formula is C25H22N2O3. The molecule has 30 heavy (non-hydrogen) atoms. The van der Waals surface area contributed by atoms with E-state index in [-0.39, 0.29) is 5.56 Å². The maximum atomic E-state index is 12.9. The van der Waals surface area contributed by atoms with Crippen LogP contribution in [0.3, 0.4) is 0 Å². The Balaban J connectivity index is 1.59. The summed E-state index contributed by atoms with van der Waals surface area (Å²) in [6.45, 7) is 1.97. The molecule has 1 N–H and O–H groups in total. The van der Waals surface area contributed by atoms with Gasteiger partial charge in [0.2, 0.25) is 0 Å². The summed E-state index contributed by atoms with van der Waals surface area (Å²) < 4.78 is 1.56. The van der Waals surface area contributed by atoms with Gasteiger partial charge in [-0.05, 0) is 48.2 Å². The van der Waals surface area contributed by atoms with Crippen molar-refractivity contribution < 1.29 is 9.90 Å². The van der Waals surface area contributed by atoms with Crippen molar-refractivity contribution in [2.75, 3.05) is 6.61 Å². The second kappa shape index (κ2) is 8.43. The van der Waals surface area contributed by atoms with E-state index in [0.717, 1.165) is 11.1 Å². The number of aromatic nitrogens is 2. The van der Waals surface area contributed by atoms with Gasteiger partial charge in [0.1, 0.15) is 6.61 Å². The summed E-state index contributed by atoms with van der Waals surface area (Å²) >= 11 is 0. The Morgan fingerprint density at radius 1 is 1.00 bits per heavy atom. The zero-order chi connectivity index (χ0) is 21.1. The number of fused-ring (bicyclic) bond motifs is 1. The number of aryl methyl sites for hydroxylation is 3. The van der Waals surface area contributed by atoms with Gasteiger partial charge in [0, 0.05) is 12.1 Å². The number of nitrogens with zero attached hydrogens (tertiary/aromatic N) is 2. The molecule has 0 radical (unpaired) electrons.